The van der Waals surface area contributed by atoms with Crippen molar-refractivity contribution in [3.05, 3.63) is 69.7 Å². The second kappa shape index (κ2) is 9.17. The molecule has 1 atom stereocenters. The molecule has 0 bridgehead atoms. The molecule has 2 nitrogen and oxygen atoms in total. The van der Waals surface area contributed by atoms with Gasteiger partial charge in [-0.2, -0.15) is 0 Å². The summed E-state index contributed by atoms with van der Waals surface area (Å²) >= 11 is 12.0. The zero-order valence-corrected chi connectivity index (χ0v) is 15.1. The van der Waals surface area contributed by atoms with E-state index >= 15 is 0 Å². The lowest BCUT2D eigenvalue weighted by Crippen LogP contribution is -1.98. The number of hydrogen-bond acceptors (Lipinski definition) is 2. The van der Waals surface area contributed by atoms with Gasteiger partial charge in [-0.05, 0) is 43.4 Å². The van der Waals surface area contributed by atoms with Gasteiger partial charge >= 0.3 is 13.3 Å². The highest BCUT2D eigenvalue weighted by atomic mass is 35.5. The van der Waals surface area contributed by atoms with E-state index in [1.807, 2.05) is 18.2 Å². The van der Waals surface area contributed by atoms with Gasteiger partial charge in [0.1, 0.15) is 5.56 Å². The molecular formula is C18H18Cl2O2P+. The standard InChI is InChI=1S/C18H18Cl2O2P/c19-15-11-7-12-16(20)17(15)18(21)23(22)13-6-2-5-10-14-8-3-1-4-9-14/h1,3-4,7-9,11-12H,2,5-6,10,13H2/q+1. The summed E-state index contributed by atoms with van der Waals surface area (Å²) in [5, 5.41) is 0.518. The minimum Gasteiger partial charge on any atom is -0.234 e. The molecule has 0 aliphatic carbocycles. The van der Waals surface area contributed by atoms with Gasteiger partial charge in [-0.15, -0.1) is 0 Å². The number of aryl methyl sites for hydroxylation is 1. The maximum atomic E-state index is 12.2. The Balaban J connectivity index is 1.77. The second-order valence-corrected chi connectivity index (χ2v) is 7.72. The zero-order chi connectivity index (χ0) is 16.7. The summed E-state index contributed by atoms with van der Waals surface area (Å²) in [7, 11) is -1.98. The van der Waals surface area contributed by atoms with Gasteiger partial charge in [0.15, 0.2) is 6.16 Å². The highest BCUT2D eigenvalue weighted by molar-refractivity contribution is 7.64. The number of benzene rings is 2. The predicted octanol–water partition coefficient (Wildman–Crippen LogP) is 6.37. The van der Waals surface area contributed by atoms with Crippen LogP contribution in [-0.4, -0.2) is 11.7 Å². The van der Waals surface area contributed by atoms with Crippen molar-refractivity contribution in [3.8, 4) is 0 Å². The Morgan fingerprint density at radius 2 is 1.52 bits per heavy atom. The molecule has 0 spiro atoms. The molecule has 120 valence electrons. The smallest absolute Gasteiger partial charge is 0.234 e. The van der Waals surface area contributed by atoms with E-state index in [2.05, 4.69) is 12.1 Å². The summed E-state index contributed by atoms with van der Waals surface area (Å²) < 4.78 is 12.2. The number of unbranched alkanes of at least 4 members (excludes halogenated alkanes) is 2. The average molecular weight is 368 g/mol. The molecule has 0 aliphatic heterocycles. The summed E-state index contributed by atoms with van der Waals surface area (Å²) in [6.07, 6.45) is 4.11. The number of carbonyl (C=O) groups excluding carboxylic acids is 1. The van der Waals surface area contributed by atoms with Gasteiger partial charge in [0, 0.05) is 0 Å². The van der Waals surface area contributed by atoms with Gasteiger partial charge in [-0.1, -0.05) is 64.2 Å². The predicted molar refractivity (Wildman–Crippen MR) is 97.3 cm³/mol. The Kier molecular flexibility index (Phi) is 7.23. The minimum absolute atomic E-state index is 0.182. The van der Waals surface area contributed by atoms with Crippen LogP contribution in [-0.2, 0) is 11.0 Å². The third kappa shape index (κ3) is 5.42. The van der Waals surface area contributed by atoms with Crippen molar-refractivity contribution in [1.29, 1.82) is 0 Å². The van der Waals surface area contributed by atoms with Crippen LogP contribution >= 0.6 is 31.0 Å². The second-order valence-electron chi connectivity index (χ2n) is 5.30. The van der Waals surface area contributed by atoms with E-state index in [1.165, 1.54) is 5.56 Å². The normalized spacial score (nSPS) is 11.3. The first kappa shape index (κ1) is 18.1. The van der Waals surface area contributed by atoms with Crippen molar-refractivity contribution in [1.82, 2.24) is 0 Å². The molecule has 0 aromatic heterocycles. The number of carbonyl (C=O) groups is 1. The maximum absolute atomic E-state index is 12.2. The third-order valence-corrected chi connectivity index (χ3v) is 5.60. The Hall–Kier alpha value is -1.21. The van der Waals surface area contributed by atoms with Gasteiger partial charge in [0.05, 0.1) is 10.0 Å². The first-order valence-electron chi connectivity index (χ1n) is 7.56. The first-order valence-corrected chi connectivity index (χ1v) is 9.76. The van der Waals surface area contributed by atoms with E-state index < -0.39 is 13.3 Å². The highest BCUT2D eigenvalue weighted by Crippen LogP contribution is 2.35. The fraction of sp³-hybridized carbons (Fsp3) is 0.278. The minimum atomic E-state index is -1.98. The molecule has 23 heavy (non-hydrogen) atoms. The van der Waals surface area contributed by atoms with Crippen molar-refractivity contribution in [2.45, 2.75) is 25.7 Å². The van der Waals surface area contributed by atoms with Crippen LogP contribution in [0.4, 0.5) is 0 Å². The molecule has 0 radical (unpaired) electrons. The van der Waals surface area contributed by atoms with Crippen LogP contribution in [0.25, 0.3) is 0 Å². The molecule has 0 saturated heterocycles. The lowest BCUT2D eigenvalue weighted by molar-refractivity contribution is 0.107. The topological polar surface area (TPSA) is 34.1 Å². The van der Waals surface area contributed by atoms with Gasteiger partial charge < -0.3 is 0 Å². The number of rotatable bonds is 8. The molecule has 0 amide bonds. The molecule has 2 aromatic rings. The third-order valence-electron chi connectivity index (χ3n) is 3.57. The van der Waals surface area contributed by atoms with Crippen molar-refractivity contribution in [3.63, 3.8) is 0 Å². The molecule has 0 fully saturated rings. The van der Waals surface area contributed by atoms with E-state index in [9.17, 15) is 9.36 Å². The summed E-state index contributed by atoms with van der Waals surface area (Å²) in [5.41, 5.74) is 1.04. The van der Waals surface area contributed by atoms with Crippen LogP contribution in [0.2, 0.25) is 10.0 Å². The molecule has 0 saturated carbocycles. The Morgan fingerprint density at radius 1 is 0.870 bits per heavy atom. The average Bonchev–Trinajstić information content (AvgIpc) is 2.55. The molecule has 0 N–H and O–H groups in total. The van der Waals surface area contributed by atoms with Crippen LogP contribution < -0.4 is 0 Å². The monoisotopic (exact) mass is 367 g/mol. The fourth-order valence-corrected chi connectivity index (χ4v) is 4.24. The maximum Gasteiger partial charge on any atom is 0.420 e. The highest BCUT2D eigenvalue weighted by Gasteiger charge is 2.32. The number of hydrogen-bond donors (Lipinski definition) is 0. The summed E-state index contributed by atoms with van der Waals surface area (Å²) in [6.45, 7) is 0. The Labute approximate surface area is 147 Å². The van der Waals surface area contributed by atoms with E-state index in [4.69, 9.17) is 23.2 Å². The fourth-order valence-electron chi connectivity index (χ4n) is 2.33. The molecule has 0 aliphatic rings. The van der Waals surface area contributed by atoms with Crippen LogP contribution in [0.1, 0.15) is 35.2 Å². The van der Waals surface area contributed by atoms with E-state index in [-0.39, 0.29) is 15.6 Å². The molecule has 0 heterocycles. The van der Waals surface area contributed by atoms with Crippen LogP contribution in [0.15, 0.2) is 48.5 Å². The van der Waals surface area contributed by atoms with Gasteiger partial charge in [0.2, 0.25) is 0 Å². The van der Waals surface area contributed by atoms with Crippen LogP contribution in [0.3, 0.4) is 0 Å². The molecule has 2 rings (SSSR count). The Bertz CT molecular complexity index is 666. The summed E-state index contributed by atoms with van der Waals surface area (Å²) in [4.78, 5) is 12.2. The van der Waals surface area contributed by atoms with Crippen molar-refractivity contribution >= 4 is 36.5 Å². The molecular weight excluding hydrogens is 350 g/mol. The number of halogens is 2. The summed E-state index contributed by atoms with van der Waals surface area (Å²) in [5.74, 6) is 0. The van der Waals surface area contributed by atoms with Crippen molar-refractivity contribution in [2.24, 2.45) is 0 Å². The van der Waals surface area contributed by atoms with E-state index in [1.54, 1.807) is 18.2 Å². The molecule has 2 aromatic carbocycles. The van der Waals surface area contributed by atoms with E-state index in [0.717, 1.165) is 25.7 Å². The van der Waals surface area contributed by atoms with Gasteiger partial charge in [0.25, 0.3) is 0 Å². The van der Waals surface area contributed by atoms with Crippen LogP contribution in [0.5, 0.6) is 0 Å². The Morgan fingerprint density at radius 3 is 2.17 bits per heavy atom. The summed E-state index contributed by atoms with van der Waals surface area (Å²) in [6, 6.07) is 15.1. The van der Waals surface area contributed by atoms with E-state index in [0.29, 0.717) is 6.16 Å². The first-order chi connectivity index (χ1) is 11.1. The molecule has 1 unspecified atom stereocenters. The van der Waals surface area contributed by atoms with Gasteiger partial charge in [-0.25, -0.2) is 4.79 Å². The largest absolute Gasteiger partial charge is 0.420 e. The van der Waals surface area contributed by atoms with Crippen LogP contribution in [0, 0.1) is 0 Å². The van der Waals surface area contributed by atoms with Crippen molar-refractivity contribution in [2.75, 3.05) is 6.16 Å². The lowest BCUT2D eigenvalue weighted by atomic mass is 10.1. The van der Waals surface area contributed by atoms with Gasteiger partial charge in [-0.3, -0.25) is 0 Å². The lowest BCUT2D eigenvalue weighted by Gasteiger charge is -2.00. The molecule has 5 heteroatoms. The quantitative estimate of drug-likeness (QED) is 0.401. The van der Waals surface area contributed by atoms with Crippen molar-refractivity contribution < 1.29 is 9.36 Å². The zero-order valence-electron chi connectivity index (χ0n) is 12.7. The SMILES string of the molecule is O=C(c1c(Cl)cccc1Cl)[P+](=O)CCCCCc1ccccc1.